The molecule has 14 heavy (non-hydrogen) atoms. The fourth-order valence-electron chi connectivity index (χ4n) is 1.62. The van der Waals surface area contributed by atoms with Crippen LogP contribution in [0.15, 0.2) is 11.1 Å². The van der Waals surface area contributed by atoms with Crippen LogP contribution in [-0.4, -0.2) is 30.2 Å². The lowest BCUT2D eigenvalue weighted by molar-refractivity contribution is -0.138. The smallest absolute Gasteiger partial charge is 0.334 e. The number of esters is 1. The summed E-state index contributed by atoms with van der Waals surface area (Å²) in [6.07, 6.45) is 1.76. The van der Waals surface area contributed by atoms with Crippen LogP contribution in [0.5, 0.6) is 0 Å². The molecule has 0 radical (unpaired) electrons. The van der Waals surface area contributed by atoms with Crippen molar-refractivity contribution in [2.45, 2.75) is 25.3 Å². The van der Waals surface area contributed by atoms with E-state index in [2.05, 4.69) is 4.74 Å². The van der Waals surface area contributed by atoms with Gasteiger partial charge in [0, 0.05) is 11.6 Å². The number of aliphatic carboxylic acids is 1. The molecule has 0 saturated heterocycles. The summed E-state index contributed by atoms with van der Waals surface area (Å²) in [5.41, 5.74) is 5.83. The highest BCUT2D eigenvalue weighted by molar-refractivity contribution is 6.00. The lowest BCUT2D eigenvalue weighted by Crippen LogP contribution is -2.33. The summed E-state index contributed by atoms with van der Waals surface area (Å²) in [6.45, 7) is 0. The molecule has 1 aliphatic carbocycles. The number of methoxy groups -OCH3 is 1. The zero-order valence-electron chi connectivity index (χ0n) is 7.95. The molecule has 0 aliphatic heterocycles. The molecule has 0 spiro atoms. The standard InChI is InChI=1S/C9H13NO4/c1-14-9(13)5-3-2-4-6(10)7(5)8(11)12/h6H,2-4,10H2,1H3,(H,11,12). The van der Waals surface area contributed by atoms with Crippen LogP contribution >= 0.6 is 0 Å². The maximum atomic E-state index is 11.2. The van der Waals surface area contributed by atoms with Gasteiger partial charge in [-0.05, 0) is 19.3 Å². The molecule has 1 unspecified atom stereocenters. The average Bonchev–Trinajstić information content (AvgIpc) is 2.15. The number of carbonyl (C=O) groups excluding carboxylic acids is 1. The van der Waals surface area contributed by atoms with Crippen LogP contribution in [-0.2, 0) is 14.3 Å². The number of nitrogens with two attached hydrogens (primary N) is 1. The van der Waals surface area contributed by atoms with E-state index in [9.17, 15) is 9.59 Å². The Kier molecular flexibility index (Phi) is 3.24. The van der Waals surface area contributed by atoms with E-state index >= 15 is 0 Å². The first-order chi connectivity index (χ1) is 6.57. The van der Waals surface area contributed by atoms with Crippen LogP contribution in [0.4, 0.5) is 0 Å². The van der Waals surface area contributed by atoms with Gasteiger partial charge in [-0.3, -0.25) is 0 Å². The van der Waals surface area contributed by atoms with Crippen molar-refractivity contribution in [2.24, 2.45) is 5.73 Å². The van der Waals surface area contributed by atoms with Gasteiger partial charge in [0.15, 0.2) is 0 Å². The average molecular weight is 199 g/mol. The van der Waals surface area contributed by atoms with Crippen molar-refractivity contribution in [3.8, 4) is 0 Å². The fourth-order valence-corrected chi connectivity index (χ4v) is 1.62. The molecule has 1 aliphatic rings. The molecule has 0 fully saturated rings. The van der Waals surface area contributed by atoms with Gasteiger partial charge in [0.25, 0.3) is 0 Å². The molecule has 0 saturated carbocycles. The molecule has 78 valence electrons. The second-order valence-corrected chi connectivity index (χ2v) is 3.19. The van der Waals surface area contributed by atoms with Crippen LogP contribution in [0.3, 0.4) is 0 Å². The molecule has 5 heteroatoms. The molecule has 0 amide bonds. The van der Waals surface area contributed by atoms with E-state index in [0.29, 0.717) is 12.8 Å². The second-order valence-electron chi connectivity index (χ2n) is 3.19. The summed E-state index contributed by atoms with van der Waals surface area (Å²) in [5, 5.41) is 8.88. The Morgan fingerprint density at radius 3 is 2.71 bits per heavy atom. The van der Waals surface area contributed by atoms with Crippen LogP contribution in [0.1, 0.15) is 19.3 Å². The minimum atomic E-state index is -1.13. The lowest BCUT2D eigenvalue weighted by Gasteiger charge is -2.21. The normalized spacial score (nSPS) is 22.0. The molecular weight excluding hydrogens is 186 g/mol. The maximum Gasteiger partial charge on any atom is 0.334 e. The Bertz CT molecular complexity index is 295. The SMILES string of the molecule is COC(=O)C1=C(C(=O)O)C(N)CCC1. The molecular formula is C9H13NO4. The van der Waals surface area contributed by atoms with Gasteiger partial charge in [0.1, 0.15) is 0 Å². The van der Waals surface area contributed by atoms with E-state index in [-0.39, 0.29) is 11.1 Å². The largest absolute Gasteiger partial charge is 0.478 e. The zero-order chi connectivity index (χ0) is 10.7. The van der Waals surface area contributed by atoms with E-state index in [4.69, 9.17) is 10.8 Å². The van der Waals surface area contributed by atoms with Crippen molar-refractivity contribution < 1.29 is 19.4 Å². The van der Waals surface area contributed by atoms with E-state index in [1.165, 1.54) is 7.11 Å². The van der Waals surface area contributed by atoms with Gasteiger partial charge in [0.2, 0.25) is 0 Å². The van der Waals surface area contributed by atoms with Crippen molar-refractivity contribution in [3.05, 3.63) is 11.1 Å². The number of hydrogen-bond donors (Lipinski definition) is 2. The second kappa shape index (κ2) is 4.23. The summed E-state index contributed by atoms with van der Waals surface area (Å²) in [5.74, 6) is -1.71. The molecule has 1 rings (SSSR count). The first kappa shape index (κ1) is 10.7. The Balaban J connectivity index is 3.09. The van der Waals surface area contributed by atoms with Gasteiger partial charge in [-0.2, -0.15) is 0 Å². The van der Waals surface area contributed by atoms with Crippen molar-refractivity contribution in [3.63, 3.8) is 0 Å². The number of carbonyl (C=O) groups is 2. The van der Waals surface area contributed by atoms with Crippen LogP contribution in [0.2, 0.25) is 0 Å². The highest BCUT2D eigenvalue weighted by atomic mass is 16.5. The first-order valence-corrected chi connectivity index (χ1v) is 4.38. The Morgan fingerprint density at radius 1 is 1.57 bits per heavy atom. The van der Waals surface area contributed by atoms with Crippen LogP contribution in [0.25, 0.3) is 0 Å². The van der Waals surface area contributed by atoms with Gasteiger partial charge >= 0.3 is 11.9 Å². The first-order valence-electron chi connectivity index (χ1n) is 4.38. The minimum Gasteiger partial charge on any atom is -0.478 e. The maximum absolute atomic E-state index is 11.2. The molecule has 0 bridgehead atoms. The molecule has 0 aromatic carbocycles. The third kappa shape index (κ3) is 1.93. The van der Waals surface area contributed by atoms with Crippen molar-refractivity contribution >= 4 is 11.9 Å². The third-order valence-corrected chi connectivity index (χ3v) is 2.30. The highest BCUT2D eigenvalue weighted by Crippen LogP contribution is 2.25. The van der Waals surface area contributed by atoms with Gasteiger partial charge < -0.3 is 15.6 Å². The zero-order valence-corrected chi connectivity index (χ0v) is 7.95. The van der Waals surface area contributed by atoms with E-state index < -0.39 is 18.0 Å². The Morgan fingerprint density at radius 2 is 2.21 bits per heavy atom. The van der Waals surface area contributed by atoms with Crippen molar-refractivity contribution in [1.82, 2.24) is 0 Å². The van der Waals surface area contributed by atoms with Crippen molar-refractivity contribution in [2.75, 3.05) is 7.11 Å². The fraction of sp³-hybridized carbons (Fsp3) is 0.556. The van der Waals surface area contributed by atoms with E-state index in [0.717, 1.165) is 6.42 Å². The number of carboxylic acids is 1. The predicted molar refractivity (Wildman–Crippen MR) is 48.5 cm³/mol. The topological polar surface area (TPSA) is 89.6 Å². The Hall–Kier alpha value is -1.36. The third-order valence-electron chi connectivity index (χ3n) is 2.30. The van der Waals surface area contributed by atoms with Gasteiger partial charge in [-0.25, -0.2) is 9.59 Å². The molecule has 5 nitrogen and oxygen atoms in total. The number of hydrogen-bond acceptors (Lipinski definition) is 4. The molecule has 3 N–H and O–H groups in total. The van der Waals surface area contributed by atoms with Crippen LogP contribution in [0, 0.1) is 0 Å². The van der Waals surface area contributed by atoms with E-state index in [1.807, 2.05) is 0 Å². The van der Waals surface area contributed by atoms with Gasteiger partial charge in [-0.15, -0.1) is 0 Å². The number of rotatable bonds is 2. The summed E-state index contributed by atoms with van der Waals surface area (Å²) >= 11 is 0. The molecule has 0 aromatic heterocycles. The molecule has 0 heterocycles. The van der Waals surface area contributed by atoms with Gasteiger partial charge in [0.05, 0.1) is 12.7 Å². The number of carboxylic acid groups (broad SMARTS) is 1. The molecule has 1 atom stereocenters. The van der Waals surface area contributed by atoms with Gasteiger partial charge in [-0.1, -0.05) is 0 Å². The summed E-state index contributed by atoms with van der Waals surface area (Å²) in [4.78, 5) is 22.1. The predicted octanol–water partition coefficient (Wildman–Crippen LogP) is 0.0518. The summed E-state index contributed by atoms with van der Waals surface area (Å²) < 4.78 is 4.50. The summed E-state index contributed by atoms with van der Waals surface area (Å²) in [7, 11) is 1.23. The van der Waals surface area contributed by atoms with E-state index in [1.54, 1.807) is 0 Å². The lowest BCUT2D eigenvalue weighted by atomic mass is 9.88. The number of ether oxygens (including phenoxy) is 1. The van der Waals surface area contributed by atoms with Crippen LogP contribution < -0.4 is 5.73 Å². The Labute approximate surface area is 81.5 Å². The minimum absolute atomic E-state index is 0.00287. The highest BCUT2D eigenvalue weighted by Gasteiger charge is 2.29. The quantitative estimate of drug-likeness (QED) is 0.613. The molecule has 0 aromatic rings. The summed E-state index contributed by atoms with van der Waals surface area (Å²) in [6, 6.07) is -0.560. The monoisotopic (exact) mass is 199 g/mol. The van der Waals surface area contributed by atoms with Crippen molar-refractivity contribution in [1.29, 1.82) is 0 Å².